The molecule has 0 aliphatic carbocycles. The number of hydrogen-bond donors (Lipinski definition) is 0. The van der Waals surface area contributed by atoms with Gasteiger partial charge < -0.3 is 0 Å². The largest absolute Gasteiger partial charge is 0.256 e. The second-order valence-corrected chi connectivity index (χ2v) is 12.1. The summed E-state index contributed by atoms with van der Waals surface area (Å²) in [6.45, 7) is 0. The van der Waals surface area contributed by atoms with Crippen LogP contribution in [0.25, 0.3) is 88.6 Å². The van der Waals surface area contributed by atoms with Gasteiger partial charge in [-0.05, 0) is 92.3 Å². The monoisotopic (exact) mass is 611 g/mol. The molecule has 3 nitrogen and oxygen atoms in total. The van der Waals surface area contributed by atoms with Crippen LogP contribution in [-0.2, 0) is 0 Å². The first-order valence-corrected chi connectivity index (χ1v) is 16.2. The van der Waals surface area contributed by atoms with Gasteiger partial charge in [0.25, 0.3) is 0 Å². The third kappa shape index (κ3) is 5.08. The minimum Gasteiger partial charge on any atom is -0.256 e. The highest BCUT2D eigenvalue weighted by molar-refractivity contribution is 6.08. The Bertz CT molecular complexity index is 2600. The van der Waals surface area contributed by atoms with Gasteiger partial charge in [0.15, 0.2) is 5.82 Å². The van der Waals surface area contributed by atoms with Crippen molar-refractivity contribution in [2.24, 2.45) is 0 Å². The van der Waals surface area contributed by atoms with E-state index in [4.69, 9.17) is 15.0 Å². The highest BCUT2D eigenvalue weighted by atomic mass is 14.9. The summed E-state index contributed by atoms with van der Waals surface area (Å²) in [5.74, 6) is 0.680. The standard InChI is InChI=1S/C45H29N3/c1-3-11-30(12-4-1)34-21-23-43-41(29-34)44(32-14-5-2-6-15-32)48-45(47-43)38-27-36(26-37(28-38)42-17-9-10-24-46-42)33-20-22-40-35(25-33)19-18-31-13-7-8-16-39(31)40/h1-29H. The quantitative estimate of drug-likeness (QED) is 0.182. The van der Waals surface area contributed by atoms with E-state index in [1.165, 1.54) is 27.1 Å². The second-order valence-electron chi connectivity index (χ2n) is 12.1. The predicted octanol–water partition coefficient (Wildman–Crippen LogP) is 11.7. The summed E-state index contributed by atoms with van der Waals surface area (Å²) < 4.78 is 0. The molecule has 3 heteroatoms. The Morgan fingerprint density at radius 2 is 1.00 bits per heavy atom. The smallest absolute Gasteiger partial charge is 0.160 e. The highest BCUT2D eigenvalue weighted by Gasteiger charge is 2.16. The van der Waals surface area contributed by atoms with Crippen molar-refractivity contribution in [1.29, 1.82) is 0 Å². The molecule has 0 bridgehead atoms. The Balaban J connectivity index is 1.25. The number of fused-ring (bicyclic) bond motifs is 4. The third-order valence-corrected chi connectivity index (χ3v) is 9.08. The highest BCUT2D eigenvalue weighted by Crippen LogP contribution is 2.37. The predicted molar refractivity (Wildman–Crippen MR) is 200 cm³/mol. The van der Waals surface area contributed by atoms with Crippen LogP contribution in [0, 0.1) is 0 Å². The first-order chi connectivity index (χ1) is 23.8. The van der Waals surface area contributed by atoms with Crippen molar-refractivity contribution in [1.82, 2.24) is 15.0 Å². The van der Waals surface area contributed by atoms with Gasteiger partial charge in [0.05, 0.1) is 16.9 Å². The average molecular weight is 612 g/mol. The van der Waals surface area contributed by atoms with Crippen LogP contribution in [0.2, 0.25) is 0 Å². The van der Waals surface area contributed by atoms with E-state index in [2.05, 4.69) is 146 Å². The summed E-state index contributed by atoms with van der Waals surface area (Å²) in [6, 6.07) is 59.7. The van der Waals surface area contributed by atoms with Crippen molar-refractivity contribution in [2.45, 2.75) is 0 Å². The molecule has 0 aliphatic rings. The zero-order valence-electron chi connectivity index (χ0n) is 26.1. The Hall–Kier alpha value is -6.45. The fourth-order valence-electron chi connectivity index (χ4n) is 6.68. The van der Waals surface area contributed by atoms with E-state index in [0.717, 1.165) is 55.7 Å². The van der Waals surface area contributed by atoms with Crippen LogP contribution in [0.5, 0.6) is 0 Å². The molecule has 0 aliphatic heterocycles. The molecule has 0 spiro atoms. The van der Waals surface area contributed by atoms with E-state index in [-0.39, 0.29) is 0 Å². The van der Waals surface area contributed by atoms with Crippen LogP contribution in [0.1, 0.15) is 0 Å². The lowest BCUT2D eigenvalue weighted by molar-refractivity contribution is 1.23. The molecule has 7 aromatic carbocycles. The van der Waals surface area contributed by atoms with E-state index in [1.807, 2.05) is 30.5 Å². The first-order valence-electron chi connectivity index (χ1n) is 16.2. The van der Waals surface area contributed by atoms with Gasteiger partial charge in [-0.25, -0.2) is 9.97 Å². The third-order valence-electron chi connectivity index (χ3n) is 9.08. The lowest BCUT2D eigenvalue weighted by atomic mass is 9.94. The van der Waals surface area contributed by atoms with Crippen molar-refractivity contribution >= 4 is 32.4 Å². The summed E-state index contributed by atoms with van der Waals surface area (Å²) in [6.07, 6.45) is 1.84. The second kappa shape index (κ2) is 11.7. The molecule has 48 heavy (non-hydrogen) atoms. The molecule has 0 atom stereocenters. The molecule has 0 radical (unpaired) electrons. The number of rotatable bonds is 5. The van der Waals surface area contributed by atoms with Gasteiger partial charge in [0.1, 0.15) is 0 Å². The molecule has 0 N–H and O–H groups in total. The summed E-state index contributed by atoms with van der Waals surface area (Å²) in [5.41, 5.74) is 10.3. The maximum atomic E-state index is 5.30. The van der Waals surface area contributed by atoms with Gasteiger partial charge in [0.2, 0.25) is 0 Å². The van der Waals surface area contributed by atoms with Crippen LogP contribution in [-0.4, -0.2) is 15.0 Å². The van der Waals surface area contributed by atoms with Crippen LogP contribution < -0.4 is 0 Å². The number of benzene rings is 7. The van der Waals surface area contributed by atoms with Crippen molar-refractivity contribution in [3.8, 4) is 56.2 Å². The van der Waals surface area contributed by atoms with E-state index < -0.39 is 0 Å². The maximum absolute atomic E-state index is 5.30. The summed E-state index contributed by atoms with van der Waals surface area (Å²) >= 11 is 0. The molecule has 0 amide bonds. The molecule has 2 aromatic heterocycles. The van der Waals surface area contributed by atoms with Gasteiger partial charge in [-0.1, -0.05) is 121 Å². The summed E-state index contributed by atoms with van der Waals surface area (Å²) in [5, 5.41) is 5.99. The fourth-order valence-corrected chi connectivity index (χ4v) is 6.68. The number of pyridine rings is 1. The Morgan fingerprint density at radius 3 is 1.83 bits per heavy atom. The van der Waals surface area contributed by atoms with Crippen molar-refractivity contribution < 1.29 is 0 Å². The van der Waals surface area contributed by atoms with Crippen LogP contribution in [0.15, 0.2) is 176 Å². The Morgan fingerprint density at radius 1 is 0.333 bits per heavy atom. The average Bonchev–Trinajstić information content (AvgIpc) is 3.18. The van der Waals surface area contributed by atoms with Gasteiger partial charge in [0, 0.05) is 28.3 Å². The fraction of sp³-hybridized carbons (Fsp3) is 0. The van der Waals surface area contributed by atoms with Crippen LogP contribution in [0.4, 0.5) is 0 Å². The lowest BCUT2D eigenvalue weighted by Gasteiger charge is -2.14. The van der Waals surface area contributed by atoms with Gasteiger partial charge >= 0.3 is 0 Å². The van der Waals surface area contributed by atoms with Gasteiger partial charge in [-0.2, -0.15) is 0 Å². The summed E-state index contributed by atoms with van der Waals surface area (Å²) in [4.78, 5) is 15.2. The molecule has 9 rings (SSSR count). The molecule has 0 saturated carbocycles. The molecule has 0 fully saturated rings. The van der Waals surface area contributed by atoms with Gasteiger partial charge in [-0.15, -0.1) is 0 Å². The lowest BCUT2D eigenvalue weighted by Crippen LogP contribution is -1.97. The Kier molecular flexibility index (Phi) is 6.80. The van der Waals surface area contributed by atoms with E-state index in [0.29, 0.717) is 5.82 Å². The van der Waals surface area contributed by atoms with E-state index >= 15 is 0 Å². The van der Waals surface area contributed by atoms with Crippen LogP contribution in [0.3, 0.4) is 0 Å². The van der Waals surface area contributed by atoms with E-state index in [9.17, 15) is 0 Å². The maximum Gasteiger partial charge on any atom is 0.160 e. The summed E-state index contributed by atoms with van der Waals surface area (Å²) in [7, 11) is 0. The van der Waals surface area contributed by atoms with Crippen molar-refractivity contribution in [3.05, 3.63) is 176 Å². The normalized spacial score (nSPS) is 11.3. The Labute approximate surface area is 278 Å². The van der Waals surface area contributed by atoms with Gasteiger partial charge in [-0.3, -0.25) is 4.98 Å². The minimum absolute atomic E-state index is 0.680. The minimum atomic E-state index is 0.680. The molecule has 224 valence electrons. The first kappa shape index (κ1) is 27.8. The molecule has 0 unspecified atom stereocenters. The topological polar surface area (TPSA) is 38.7 Å². The zero-order chi connectivity index (χ0) is 31.9. The zero-order valence-corrected chi connectivity index (χ0v) is 26.1. The molecule has 0 saturated heterocycles. The van der Waals surface area contributed by atoms with E-state index in [1.54, 1.807) is 0 Å². The molecular weight excluding hydrogens is 583 g/mol. The van der Waals surface area contributed by atoms with Crippen molar-refractivity contribution in [3.63, 3.8) is 0 Å². The number of aromatic nitrogens is 3. The molecule has 2 heterocycles. The number of nitrogens with zero attached hydrogens (tertiary/aromatic N) is 3. The SMILES string of the molecule is c1ccc(-c2ccc3nc(-c4cc(-c5ccc6c(ccc7ccccc76)c5)cc(-c5ccccn5)c4)nc(-c4ccccc4)c3c2)cc1. The van der Waals surface area contributed by atoms with Crippen molar-refractivity contribution in [2.75, 3.05) is 0 Å². The molecular formula is C45H29N3. The van der Waals surface area contributed by atoms with Crippen LogP contribution >= 0.6 is 0 Å². The number of hydrogen-bond acceptors (Lipinski definition) is 3. The molecule has 9 aromatic rings.